The number of rotatable bonds is 8. The highest BCUT2D eigenvalue weighted by Gasteiger charge is 2.28. The molecule has 0 saturated heterocycles. The van der Waals surface area contributed by atoms with E-state index in [2.05, 4.69) is 20.6 Å². The predicted octanol–water partition coefficient (Wildman–Crippen LogP) is 1.80. The molecular weight excluding hydrogens is 417 g/mol. The zero-order valence-corrected chi connectivity index (χ0v) is 18.5. The third-order valence-electron chi connectivity index (χ3n) is 4.59. The lowest BCUT2D eigenvalue weighted by atomic mass is 10.1. The van der Waals surface area contributed by atoms with E-state index in [1.54, 1.807) is 6.07 Å². The van der Waals surface area contributed by atoms with Crippen molar-refractivity contribution in [3.05, 3.63) is 38.2 Å². The van der Waals surface area contributed by atoms with Crippen molar-refractivity contribution in [2.24, 2.45) is 5.92 Å². The number of carbonyl (C=O) groups excluding carboxylic acids is 1. The normalized spacial score (nSPS) is 13.1. The Bertz CT molecular complexity index is 967. The highest BCUT2D eigenvalue weighted by molar-refractivity contribution is 6.05. The summed E-state index contributed by atoms with van der Waals surface area (Å²) in [6.45, 7) is 8.32. The minimum Gasteiger partial charge on any atom is -0.351 e. The summed E-state index contributed by atoms with van der Waals surface area (Å²) in [6, 6.07) is 1.71. The molecule has 0 atom stereocenters. The maximum atomic E-state index is 12.8. The Hall–Kier alpha value is -1.90. The Morgan fingerprint density at radius 2 is 1.97 bits per heavy atom. The van der Waals surface area contributed by atoms with Crippen molar-refractivity contribution in [3.8, 4) is 0 Å². The summed E-state index contributed by atoms with van der Waals surface area (Å²) >= 11 is 0. The SMILES string of the molecule is CCNCCNC(=O)c1cc(C2CC2)nc2c1c(=O)[nH]c(=O)n2CC(C)C.Cl.Cl. The Morgan fingerprint density at radius 1 is 1.28 bits per heavy atom. The smallest absolute Gasteiger partial charge is 0.330 e. The molecule has 1 saturated carbocycles. The molecule has 3 rings (SSSR count). The summed E-state index contributed by atoms with van der Waals surface area (Å²) in [5.74, 6) is 0.174. The van der Waals surface area contributed by atoms with Crippen LogP contribution in [-0.2, 0) is 6.54 Å². The first-order valence-corrected chi connectivity index (χ1v) is 9.59. The van der Waals surface area contributed by atoms with E-state index in [0.29, 0.717) is 31.2 Å². The number of fused-ring (bicyclic) bond motifs is 1. The number of H-pyrrole nitrogens is 1. The molecule has 0 aliphatic heterocycles. The number of hydrogen-bond acceptors (Lipinski definition) is 5. The number of amides is 1. The molecule has 1 aliphatic carbocycles. The largest absolute Gasteiger partial charge is 0.351 e. The Labute approximate surface area is 181 Å². The number of likely N-dealkylation sites (N-methyl/N-ethyl adjacent to an activating group) is 1. The predicted molar refractivity (Wildman–Crippen MR) is 119 cm³/mol. The van der Waals surface area contributed by atoms with E-state index < -0.39 is 11.2 Å². The molecule has 1 aliphatic rings. The highest BCUT2D eigenvalue weighted by Crippen LogP contribution is 2.39. The minimum absolute atomic E-state index is 0. The van der Waals surface area contributed by atoms with Gasteiger partial charge in [-0.05, 0) is 31.4 Å². The lowest BCUT2D eigenvalue weighted by Gasteiger charge is -2.14. The Morgan fingerprint density at radius 3 is 2.55 bits per heavy atom. The number of nitrogens with zero attached hydrogens (tertiary/aromatic N) is 2. The van der Waals surface area contributed by atoms with E-state index in [4.69, 9.17) is 0 Å². The van der Waals surface area contributed by atoms with Gasteiger partial charge in [-0.15, -0.1) is 24.8 Å². The fourth-order valence-electron chi connectivity index (χ4n) is 3.13. The molecule has 2 aromatic heterocycles. The van der Waals surface area contributed by atoms with E-state index in [-0.39, 0.29) is 47.6 Å². The third kappa shape index (κ3) is 5.81. The Kier molecular flexibility index (Phi) is 9.32. The molecule has 0 aromatic carbocycles. The minimum atomic E-state index is -0.568. The van der Waals surface area contributed by atoms with Crippen LogP contribution in [-0.4, -0.2) is 40.1 Å². The number of halogens is 2. The zero-order valence-electron chi connectivity index (χ0n) is 16.9. The molecule has 162 valence electrons. The van der Waals surface area contributed by atoms with Crippen LogP contribution in [0.25, 0.3) is 11.0 Å². The summed E-state index contributed by atoms with van der Waals surface area (Å²) in [5, 5.41) is 6.17. The van der Waals surface area contributed by atoms with E-state index in [0.717, 1.165) is 25.1 Å². The second-order valence-corrected chi connectivity index (χ2v) is 7.44. The average molecular weight is 446 g/mol. The van der Waals surface area contributed by atoms with Crippen LogP contribution in [0.15, 0.2) is 15.7 Å². The maximum Gasteiger partial charge on any atom is 0.330 e. The number of pyridine rings is 1. The van der Waals surface area contributed by atoms with Crippen LogP contribution < -0.4 is 21.9 Å². The van der Waals surface area contributed by atoms with Gasteiger partial charge in [0.15, 0.2) is 5.65 Å². The van der Waals surface area contributed by atoms with Gasteiger partial charge in [0.05, 0.1) is 10.9 Å². The van der Waals surface area contributed by atoms with Crippen LogP contribution in [0.5, 0.6) is 0 Å². The first kappa shape index (κ1) is 25.1. The average Bonchev–Trinajstić information content (AvgIpc) is 3.46. The van der Waals surface area contributed by atoms with Crippen molar-refractivity contribution < 1.29 is 4.79 Å². The van der Waals surface area contributed by atoms with Crippen LogP contribution >= 0.6 is 24.8 Å². The fraction of sp³-hybridized carbons (Fsp3) is 0.579. The van der Waals surface area contributed by atoms with Gasteiger partial charge < -0.3 is 10.6 Å². The molecule has 2 heterocycles. The lowest BCUT2D eigenvalue weighted by molar-refractivity contribution is 0.0955. The number of nitrogens with one attached hydrogen (secondary N) is 3. The second-order valence-electron chi connectivity index (χ2n) is 7.44. The monoisotopic (exact) mass is 445 g/mol. The van der Waals surface area contributed by atoms with Gasteiger partial charge in [-0.2, -0.15) is 0 Å². The molecule has 10 heteroatoms. The van der Waals surface area contributed by atoms with Crippen molar-refractivity contribution in [1.82, 2.24) is 25.2 Å². The van der Waals surface area contributed by atoms with Crippen molar-refractivity contribution in [1.29, 1.82) is 0 Å². The number of carbonyl (C=O) groups is 1. The molecular formula is C19H29Cl2N5O3. The summed E-state index contributed by atoms with van der Waals surface area (Å²) in [4.78, 5) is 44.6. The van der Waals surface area contributed by atoms with Crippen molar-refractivity contribution in [3.63, 3.8) is 0 Å². The van der Waals surface area contributed by atoms with Crippen molar-refractivity contribution in [2.45, 2.75) is 46.1 Å². The molecule has 29 heavy (non-hydrogen) atoms. The van der Waals surface area contributed by atoms with Gasteiger partial charge in [0.2, 0.25) is 0 Å². The maximum absolute atomic E-state index is 12.8. The molecule has 0 spiro atoms. The van der Waals surface area contributed by atoms with Crippen LogP contribution in [0.4, 0.5) is 0 Å². The molecule has 3 N–H and O–H groups in total. The summed E-state index contributed by atoms with van der Waals surface area (Å²) in [6.07, 6.45) is 2.02. The molecule has 0 radical (unpaired) electrons. The molecule has 8 nitrogen and oxygen atoms in total. The first-order chi connectivity index (χ1) is 12.9. The second kappa shape index (κ2) is 10.8. The van der Waals surface area contributed by atoms with E-state index in [1.807, 2.05) is 20.8 Å². The molecule has 1 amide bonds. The Balaban J connectivity index is 0.00000210. The fourth-order valence-corrected chi connectivity index (χ4v) is 3.13. The molecule has 0 unspecified atom stereocenters. The van der Waals surface area contributed by atoms with E-state index >= 15 is 0 Å². The van der Waals surface area contributed by atoms with Crippen molar-refractivity contribution in [2.75, 3.05) is 19.6 Å². The van der Waals surface area contributed by atoms with Crippen molar-refractivity contribution >= 4 is 41.8 Å². The van der Waals surface area contributed by atoms with Gasteiger partial charge in [-0.3, -0.25) is 19.1 Å². The van der Waals surface area contributed by atoms with Gasteiger partial charge >= 0.3 is 5.69 Å². The first-order valence-electron chi connectivity index (χ1n) is 9.59. The lowest BCUT2D eigenvalue weighted by Crippen LogP contribution is -2.35. The summed E-state index contributed by atoms with van der Waals surface area (Å²) in [5.41, 5.74) is 0.319. The van der Waals surface area contributed by atoms with Gasteiger partial charge in [0.25, 0.3) is 11.5 Å². The highest BCUT2D eigenvalue weighted by atomic mass is 35.5. The quantitative estimate of drug-likeness (QED) is 0.536. The van der Waals surface area contributed by atoms with Gasteiger partial charge in [-0.25, -0.2) is 9.78 Å². The van der Waals surface area contributed by atoms with Crippen LogP contribution in [0.3, 0.4) is 0 Å². The van der Waals surface area contributed by atoms with Gasteiger partial charge in [0, 0.05) is 31.2 Å². The standard InChI is InChI=1S/C19H27N5O3.2ClH/c1-4-20-7-8-21-17(25)13-9-14(12-5-6-12)22-16-15(13)18(26)23-19(27)24(16)10-11(2)3;;/h9,11-12,20H,4-8,10H2,1-3H3,(H,21,25)(H,23,26,27);2*1H. The molecule has 2 aromatic rings. The number of aromatic nitrogens is 3. The zero-order chi connectivity index (χ0) is 19.6. The third-order valence-corrected chi connectivity index (χ3v) is 4.59. The van der Waals surface area contributed by atoms with Gasteiger partial charge in [-0.1, -0.05) is 20.8 Å². The summed E-state index contributed by atoms with van der Waals surface area (Å²) < 4.78 is 1.47. The summed E-state index contributed by atoms with van der Waals surface area (Å²) in [7, 11) is 0. The van der Waals surface area contributed by atoms with Crippen LogP contribution in [0.1, 0.15) is 55.6 Å². The molecule has 0 bridgehead atoms. The van der Waals surface area contributed by atoms with Crippen LogP contribution in [0.2, 0.25) is 0 Å². The van der Waals surface area contributed by atoms with E-state index in [9.17, 15) is 14.4 Å². The number of hydrogen-bond donors (Lipinski definition) is 3. The number of aromatic amines is 1. The van der Waals surface area contributed by atoms with E-state index in [1.165, 1.54) is 4.57 Å². The molecule has 1 fully saturated rings. The van der Waals surface area contributed by atoms with Gasteiger partial charge in [0.1, 0.15) is 0 Å². The van der Waals surface area contributed by atoms with Crippen LogP contribution in [0, 0.1) is 5.92 Å². The topological polar surface area (TPSA) is 109 Å².